The van der Waals surface area contributed by atoms with Crippen LogP contribution in [0.1, 0.15) is 41.9 Å². The molecule has 0 bridgehead atoms. The third-order valence-electron chi connectivity index (χ3n) is 2.76. The molecule has 0 atom stereocenters. The molecule has 4 heteroatoms. The van der Waals surface area contributed by atoms with Crippen LogP contribution in [0, 0.1) is 0 Å². The van der Waals surface area contributed by atoms with Gasteiger partial charge >= 0.3 is 0 Å². The zero-order valence-electron chi connectivity index (χ0n) is 10.6. The molecule has 0 aromatic carbocycles. The predicted octanol–water partition coefficient (Wildman–Crippen LogP) is 2.55. The van der Waals surface area contributed by atoms with Crippen molar-refractivity contribution in [3.05, 3.63) is 21.9 Å². The minimum Gasteiger partial charge on any atom is -0.395 e. The summed E-state index contributed by atoms with van der Waals surface area (Å²) in [4.78, 5) is 14.9. The third-order valence-corrected chi connectivity index (χ3v) is 3.71. The molecule has 1 aromatic heterocycles. The minimum atomic E-state index is 0.0300. The van der Waals surface area contributed by atoms with E-state index in [1.807, 2.05) is 11.4 Å². The van der Waals surface area contributed by atoms with Crippen LogP contribution in [-0.4, -0.2) is 35.6 Å². The predicted molar refractivity (Wildman–Crippen MR) is 71.6 cm³/mol. The molecule has 0 saturated carbocycles. The van der Waals surface area contributed by atoms with Gasteiger partial charge in [0.25, 0.3) is 5.91 Å². The first kappa shape index (κ1) is 14.2. The molecule has 96 valence electrons. The van der Waals surface area contributed by atoms with Crippen molar-refractivity contribution in [1.29, 1.82) is 0 Å². The zero-order valence-corrected chi connectivity index (χ0v) is 11.4. The number of aliphatic hydroxyl groups is 1. The van der Waals surface area contributed by atoms with Crippen molar-refractivity contribution >= 4 is 17.2 Å². The van der Waals surface area contributed by atoms with Crippen LogP contribution in [-0.2, 0) is 6.42 Å². The minimum absolute atomic E-state index is 0.0300. The van der Waals surface area contributed by atoms with Crippen LogP contribution in [0.25, 0.3) is 0 Å². The third kappa shape index (κ3) is 3.82. The quantitative estimate of drug-likeness (QED) is 0.813. The molecule has 0 spiro atoms. The highest BCUT2D eigenvalue weighted by Crippen LogP contribution is 2.19. The van der Waals surface area contributed by atoms with Gasteiger partial charge in [0.05, 0.1) is 11.5 Å². The van der Waals surface area contributed by atoms with Gasteiger partial charge in [-0.25, -0.2) is 0 Å². The summed E-state index contributed by atoms with van der Waals surface area (Å²) >= 11 is 1.50. The fourth-order valence-corrected chi connectivity index (χ4v) is 2.69. The lowest BCUT2D eigenvalue weighted by molar-refractivity contribution is 0.0723. The summed E-state index contributed by atoms with van der Waals surface area (Å²) in [6.45, 7) is 5.35. The van der Waals surface area contributed by atoms with E-state index in [2.05, 4.69) is 13.8 Å². The van der Waals surface area contributed by atoms with Crippen LogP contribution in [0.3, 0.4) is 0 Å². The number of thiophene rings is 1. The van der Waals surface area contributed by atoms with E-state index in [1.54, 1.807) is 4.90 Å². The number of carbonyl (C=O) groups excluding carboxylic acids is 1. The molecule has 1 heterocycles. The molecule has 17 heavy (non-hydrogen) atoms. The molecular weight excluding hydrogens is 234 g/mol. The Bertz CT molecular complexity index is 349. The highest BCUT2D eigenvalue weighted by atomic mass is 32.1. The highest BCUT2D eigenvalue weighted by Gasteiger charge is 2.18. The SMILES string of the molecule is CCCCN(CCO)C(=O)c1sccc1CC. The average Bonchev–Trinajstić information content (AvgIpc) is 2.81. The molecule has 0 aliphatic rings. The molecule has 1 rings (SSSR count). The van der Waals surface area contributed by atoms with Crippen LogP contribution in [0.2, 0.25) is 0 Å². The second-order valence-corrected chi connectivity index (χ2v) is 4.91. The van der Waals surface area contributed by atoms with Gasteiger partial charge in [-0.3, -0.25) is 4.79 Å². The fourth-order valence-electron chi connectivity index (χ4n) is 1.73. The molecule has 0 saturated heterocycles. The molecule has 0 unspecified atom stereocenters. The van der Waals surface area contributed by atoms with Crippen LogP contribution < -0.4 is 0 Å². The molecule has 3 nitrogen and oxygen atoms in total. The lowest BCUT2D eigenvalue weighted by atomic mass is 10.2. The normalized spacial score (nSPS) is 10.5. The Kier molecular flexibility index (Phi) is 6.22. The summed E-state index contributed by atoms with van der Waals surface area (Å²) in [6, 6.07) is 2.01. The Morgan fingerprint density at radius 3 is 2.76 bits per heavy atom. The number of nitrogens with zero attached hydrogens (tertiary/aromatic N) is 1. The monoisotopic (exact) mass is 255 g/mol. The van der Waals surface area contributed by atoms with Gasteiger partial charge in [0, 0.05) is 13.1 Å². The first-order valence-electron chi connectivity index (χ1n) is 6.21. The van der Waals surface area contributed by atoms with Crippen LogP contribution in [0.4, 0.5) is 0 Å². The van der Waals surface area contributed by atoms with Gasteiger partial charge in [-0.05, 0) is 29.9 Å². The second kappa shape index (κ2) is 7.45. The number of amides is 1. The van der Waals surface area contributed by atoms with E-state index < -0.39 is 0 Å². The van der Waals surface area contributed by atoms with E-state index in [9.17, 15) is 4.79 Å². The summed E-state index contributed by atoms with van der Waals surface area (Å²) in [7, 11) is 0. The van der Waals surface area contributed by atoms with Crippen molar-refractivity contribution < 1.29 is 9.90 Å². The summed E-state index contributed by atoms with van der Waals surface area (Å²) in [6.07, 6.45) is 2.92. The standard InChI is InChI=1S/C13H21NO2S/c1-3-5-7-14(8-9-15)13(16)12-11(4-2)6-10-17-12/h6,10,15H,3-5,7-9H2,1-2H3. The lowest BCUT2D eigenvalue weighted by Crippen LogP contribution is -2.34. The maximum absolute atomic E-state index is 12.3. The Hall–Kier alpha value is -0.870. The first-order valence-corrected chi connectivity index (χ1v) is 7.09. The van der Waals surface area contributed by atoms with E-state index >= 15 is 0 Å². The summed E-state index contributed by atoms with van der Waals surface area (Å²) in [5.74, 6) is 0.0688. The Labute approximate surface area is 107 Å². The molecule has 0 fully saturated rings. The van der Waals surface area contributed by atoms with Crippen molar-refractivity contribution in [2.75, 3.05) is 19.7 Å². The van der Waals surface area contributed by atoms with Crippen molar-refractivity contribution in [1.82, 2.24) is 4.90 Å². The lowest BCUT2D eigenvalue weighted by Gasteiger charge is -2.21. The van der Waals surface area contributed by atoms with Crippen molar-refractivity contribution in [2.24, 2.45) is 0 Å². The van der Waals surface area contributed by atoms with Gasteiger partial charge in [0.2, 0.25) is 0 Å². The maximum Gasteiger partial charge on any atom is 0.264 e. The van der Waals surface area contributed by atoms with E-state index in [0.717, 1.165) is 36.2 Å². The molecule has 0 aliphatic heterocycles. The Balaban J connectivity index is 2.76. The first-order chi connectivity index (χ1) is 8.24. The van der Waals surface area contributed by atoms with E-state index in [-0.39, 0.29) is 12.5 Å². The van der Waals surface area contributed by atoms with Crippen molar-refractivity contribution in [3.63, 3.8) is 0 Å². The highest BCUT2D eigenvalue weighted by molar-refractivity contribution is 7.12. The molecule has 0 radical (unpaired) electrons. The van der Waals surface area contributed by atoms with Gasteiger partial charge in [-0.1, -0.05) is 20.3 Å². The van der Waals surface area contributed by atoms with E-state index in [0.29, 0.717) is 6.54 Å². The number of aliphatic hydroxyl groups excluding tert-OH is 1. The zero-order chi connectivity index (χ0) is 12.7. The number of carbonyl (C=O) groups is 1. The molecule has 1 amide bonds. The number of unbranched alkanes of at least 4 members (excludes halogenated alkanes) is 1. The maximum atomic E-state index is 12.3. The Morgan fingerprint density at radius 1 is 1.41 bits per heavy atom. The van der Waals surface area contributed by atoms with Gasteiger partial charge in [-0.2, -0.15) is 0 Å². The second-order valence-electron chi connectivity index (χ2n) is 4.00. The van der Waals surface area contributed by atoms with Gasteiger partial charge in [0.1, 0.15) is 0 Å². The van der Waals surface area contributed by atoms with Crippen LogP contribution in [0.15, 0.2) is 11.4 Å². The smallest absolute Gasteiger partial charge is 0.264 e. The summed E-state index contributed by atoms with van der Waals surface area (Å²) < 4.78 is 0. The molecular formula is C13H21NO2S. The van der Waals surface area contributed by atoms with Gasteiger partial charge < -0.3 is 10.0 Å². The van der Waals surface area contributed by atoms with Crippen molar-refractivity contribution in [2.45, 2.75) is 33.1 Å². The fraction of sp³-hybridized carbons (Fsp3) is 0.615. The van der Waals surface area contributed by atoms with E-state index in [4.69, 9.17) is 5.11 Å². The molecule has 1 aromatic rings. The summed E-state index contributed by atoms with van der Waals surface area (Å²) in [5, 5.41) is 11.0. The van der Waals surface area contributed by atoms with E-state index in [1.165, 1.54) is 11.3 Å². The van der Waals surface area contributed by atoms with Gasteiger partial charge in [0.15, 0.2) is 0 Å². The largest absolute Gasteiger partial charge is 0.395 e. The number of hydrogen-bond acceptors (Lipinski definition) is 3. The topological polar surface area (TPSA) is 40.5 Å². The molecule has 0 aliphatic carbocycles. The molecule has 1 N–H and O–H groups in total. The van der Waals surface area contributed by atoms with Gasteiger partial charge in [-0.15, -0.1) is 11.3 Å². The summed E-state index contributed by atoms with van der Waals surface area (Å²) in [5.41, 5.74) is 1.11. The average molecular weight is 255 g/mol. The number of hydrogen-bond donors (Lipinski definition) is 1. The Morgan fingerprint density at radius 2 is 2.18 bits per heavy atom. The van der Waals surface area contributed by atoms with Crippen LogP contribution in [0.5, 0.6) is 0 Å². The number of aryl methyl sites for hydroxylation is 1. The number of rotatable bonds is 7. The van der Waals surface area contributed by atoms with Crippen LogP contribution >= 0.6 is 11.3 Å². The van der Waals surface area contributed by atoms with Crippen molar-refractivity contribution in [3.8, 4) is 0 Å².